The first-order valence-electron chi connectivity index (χ1n) is 20.3. The lowest BCUT2D eigenvalue weighted by atomic mass is 10.0. The van der Waals surface area contributed by atoms with Gasteiger partial charge in [0.15, 0.2) is 0 Å². The average Bonchev–Trinajstić information content (AvgIpc) is 3.82. The van der Waals surface area contributed by atoms with Gasteiger partial charge in [0.2, 0.25) is 0 Å². The Balaban J connectivity index is 1.52. The highest BCUT2D eigenvalue weighted by molar-refractivity contribution is 8.26. The van der Waals surface area contributed by atoms with E-state index in [0.29, 0.717) is 0 Å². The van der Waals surface area contributed by atoms with E-state index in [1.165, 1.54) is 69.7 Å². The molecule has 1 aliphatic heterocycles. The fraction of sp³-hybridized carbons (Fsp3) is 0.231. The average molecular weight is 801 g/mol. The van der Waals surface area contributed by atoms with Crippen molar-refractivity contribution < 1.29 is 0 Å². The molecular weight excluding hydrogens is 748 g/mol. The molecule has 0 amide bonds. The van der Waals surface area contributed by atoms with Crippen molar-refractivity contribution in [2.24, 2.45) is 0 Å². The Morgan fingerprint density at radius 3 is 0.804 bits per heavy atom. The third-order valence-corrected chi connectivity index (χ3v) is 27.2. The second kappa shape index (κ2) is 15.1. The first kappa shape index (κ1) is 37.6. The number of rotatable bonds is 4. The Morgan fingerprint density at radius 1 is 0.268 bits per heavy atom. The summed E-state index contributed by atoms with van der Waals surface area (Å²) in [6.45, 7) is 19.8. The van der Waals surface area contributed by atoms with Crippen molar-refractivity contribution in [3.8, 4) is 64.6 Å². The number of hydrogen-bond acceptors (Lipinski definition) is 0. The van der Waals surface area contributed by atoms with Gasteiger partial charge in [-0.05, 0) is 147 Å². The lowest BCUT2D eigenvalue weighted by molar-refractivity contribution is 0.828. The molecule has 4 heteroatoms. The molecule has 0 spiro atoms. The van der Waals surface area contributed by atoms with Crippen molar-refractivity contribution in [2.75, 3.05) is 0 Å². The lowest BCUT2D eigenvalue weighted by Gasteiger charge is -2.21. The molecule has 5 heterocycles. The van der Waals surface area contributed by atoms with Gasteiger partial charge in [0.05, 0.1) is 0 Å². The van der Waals surface area contributed by atoms with Crippen LogP contribution in [0, 0.1) is 55.4 Å². The predicted molar refractivity (Wildman–Crippen MR) is 254 cm³/mol. The number of fused-ring (bicyclic) bond motifs is 7. The molecule has 1 aliphatic rings. The van der Waals surface area contributed by atoms with Crippen LogP contribution in [0.25, 0.3) is 64.6 Å². The normalized spacial score (nSPS) is 14.0. The van der Waals surface area contributed by atoms with Gasteiger partial charge >= 0.3 is 0 Å². The summed E-state index contributed by atoms with van der Waals surface area (Å²) in [5.74, 6) is 0. The Morgan fingerprint density at radius 2 is 0.500 bits per heavy atom. The number of hydrogen-bond donors (Lipinski definition) is 0. The van der Waals surface area contributed by atoms with Crippen LogP contribution in [0.1, 0.15) is 57.3 Å². The van der Waals surface area contributed by atoms with Crippen molar-refractivity contribution in [3.05, 3.63) is 166 Å². The van der Waals surface area contributed by atoms with E-state index in [2.05, 4.69) is 177 Å². The highest BCUT2D eigenvalue weighted by Crippen LogP contribution is 2.80. The minimum absolute atomic E-state index is 0.539. The Hall–Kier alpha value is -4.00. The maximum Gasteiger partial charge on any atom is 0.0171 e. The van der Waals surface area contributed by atoms with Gasteiger partial charge in [0, 0.05) is 42.4 Å². The second-order valence-electron chi connectivity index (χ2n) is 15.9. The van der Waals surface area contributed by atoms with E-state index in [-0.39, 0.29) is 0 Å². The maximum absolute atomic E-state index is 2.50. The van der Waals surface area contributed by atoms with Gasteiger partial charge in [-0.15, -0.1) is 15.1 Å². The van der Waals surface area contributed by atoms with E-state index in [1.807, 2.05) is 0 Å². The highest BCUT2D eigenvalue weighted by atomic mass is 32.0. The van der Waals surface area contributed by atoms with Crippen LogP contribution in [0.2, 0.25) is 0 Å². The molecule has 0 bridgehead atoms. The van der Waals surface area contributed by atoms with E-state index < -0.39 is 29.5 Å². The monoisotopic (exact) mass is 800 g/mol. The summed E-state index contributed by atoms with van der Waals surface area (Å²) in [5, 5.41) is 13.4. The zero-order valence-electron chi connectivity index (χ0n) is 34.2. The topological polar surface area (TPSA) is 0 Å². The summed E-state index contributed by atoms with van der Waals surface area (Å²) in [5.41, 5.74) is 18.0. The fourth-order valence-corrected chi connectivity index (χ4v) is 28.2. The Labute approximate surface area is 338 Å². The van der Waals surface area contributed by atoms with Crippen molar-refractivity contribution in [1.29, 1.82) is 0 Å². The maximum atomic E-state index is 2.50. The predicted octanol–water partition coefficient (Wildman–Crippen LogP) is 18.2. The summed E-state index contributed by atoms with van der Waals surface area (Å²) >= 11 is 0. The highest BCUT2D eigenvalue weighted by Gasteiger charge is 2.35. The molecule has 4 aromatic heterocycles. The van der Waals surface area contributed by atoms with Gasteiger partial charge in [-0.2, -0.15) is 0 Å². The smallest absolute Gasteiger partial charge is 0.0171 e. The molecule has 0 radical (unpaired) electrons. The van der Waals surface area contributed by atoms with Crippen molar-refractivity contribution >= 4 is 29.5 Å². The molecule has 56 heavy (non-hydrogen) atoms. The third kappa shape index (κ3) is 5.87. The molecule has 0 fully saturated rings. The standard InChI is InChI=1S/C52H52P4/c1-33-37(5)49-51-39(7)35(3)47(43-27-17-11-18-28-43)55(51)56-48(44-29-19-12-20-30-44)36(4)40(8)52(56)50-38(6)34(2)46(42-25-15-10-16-26-42)54(50)32-22-21-31-53(49)45(33)41-23-13-9-14-24-41/h9-20,23-30H,21-22,31-32H2,1-8H3. The van der Waals surface area contributed by atoms with E-state index in [4.69, 9.17) is 0 Å². The number of benzene rings is 4. The van der Waals surface area contributed by atoms with Gasteiger partial charge in [0.25, 0.3) is 0 Å². The summed E-state index contributed by atoms with van der Waals surface area (Å²) in [6.07, 6.45) is 5.04. The van der Waals surface area contributed by atoms with Crippen LogP contribution in [0.5, 0.6) is 0 Å². The molecule has 4 atom stereocenters. The van der Waals surface area contributed by atoms with Gasteiger partial charge in [-0.3, -0.25) is 0 Å². The summed E-state index contributed by atoms with van der Waals surface area (Å²) in [7, 11) is -2.64. The van der Waals surface area contributed by atoms with Crippen LogP contribution in [-0.2, 0) is 12.3 Å². The van der Waals surface area contributed by atoms with Crippen LogP contribution in [0.3, 0.4) is 0 Å². The molecule has 4 aromatic carbocycles. The molecular formula is C52H52P4. The molecule has 8 aromatic rings. The van der Waals surface area contributed by atoms with Crippen LogP contribution in [-0.4, -0.2) is 0 Å². The zero-order chi connectivity index (χ0) is 38.8. The largest absolute Gasteiger partial charge is 0.108 e. The van der Waals surface area contributed by atoms with Crippen LogP contribution < -0.4 is 0 Å². The van der Waals surface area contributed by atoms with Crippen molar-refractivity contribution in [2.45, 2.75) is 80.6 Å². The van der Waals surface area contributed by atoms with Crippen LogP contribution in [0.4, 0.5) is 0 Å². The van der Waals surface area contributed by atoms with E-state index in [9.17, 15) is 0 Å². The Bertz CT molecular complexity index is 2540. The minimum Gasteiger partial charge on any atom is -0.108 e. The minimum atomic E-state index is -0.781. The van der Waals surface area contributed by atoms with Gasteiger partial charge in [-0.25, -0.2) is 0 Å². The van der Waals surface area contributed by atoms with Crippen molar-refractivity contribution in [1.82, 2.24) is 0 Å². The molecule has 0 saturated heterocycles. The SMILES string of the molecule is Cc1c(C)c2p(c1-c1ccccc1)CCCCp1c(-c3ccccc3)c(C)c(C)c1-c1c(C)c(C)c(-c3ccccc3)p1-p1c(-c3ccccc3)c(C)c(C)c1-2. The zero-order valence-corrected chi connectivity index (χ0v) is 37.7. The molecule has 0 nitrogen and oxygen atoms in total. The lowest BCUT2D eigenvalue weighted by Crippen LogP contribution is -1.84. The molecule has 0 saturated carbocycles. The molecule has 4 unspecified atom stereocenters. The van der Waals surface area contributed by atoms with E-state index in [0.717, 1.165) is 0 Å². The molecule has 0 N–H and O–H groups in total. The summed E-state index contributed by atoms with van der Waals surface area (Å²) < 4.78 is 0. The van der Waals surface area contributed by atoms with Crippen LogP contribution >= 0.6 is 29.5 Å². The fourth-order valence-electron chi connectivity index (χ4n) is 9.67. The molecule has 280 valence electrons. The first-order valence-corrected chi connectivity index (χ1v) is 26.7. The van der Waals surface area contributed by atoms with Crippen LogP contribution in [0.15, 0.2) is 121 Å². The molecule has 0 aliphatic carbocycles. The second-order valence-corrected chi connectivity index (χ2v) is 25.7. The Kier molecular flexibility index (Phi) is 10.1. The van der Waals surface area contributed by atoms with Gasteiger partial charge in [-0.1, -0.05) is 136 Å². The van der Waals surface area contributed by atoms with Gasteiger partial charge < -0.3 is 0 Å². The van der Waals surface area contributed by atoms with Crippen molar-refractivity contribution in [3.63, 3.8) is 0 Å². The molecule has 9 rings (SSSR count). The quantitative estimate of drug-likeness (QED) is 0.166. The summed E-state index contributed by atoms with van der Waals surface area (Å²) in [4.78, 5) is 0. The van der Waals surface area contributed by atoms with E-state index in [1.54, 1.807) is 64.6 Å². The van der Waals surface area contributed by atoms with Gasteiger partial charge in [0.1, 0.15) is 0 Å². The third-order valence-electron chi connectivity index (χ3n) is 12.9. The van der Waals surface area contributed by atoms with E-state index >= 15 is 0 Å². The first-order chi connectivity index (χ1) is 27.2. The summed E-state index contributed by atoms with van der Waals surface area (Å²) in [6, 6.07) is 46.0.